The normalized spacial score (nSPS) is 22.6. The Morgan fingerprint density at radius 2 is 2.31 bits per heavy atom. The third-order valence-electron chi connectivity index (χ3n) is 3.17. The maximum Gasteiger partial charge on any atom is 0.244 e. The lowest BCUT2D eigenvalue weighted by molar-refractivity contribution is -0.119. The zero-order valence-electron chi connectivity index (χ0n) is 9.07. The lowest BCUT2D eigenvalue weighted by Gasteiger charge is -2.29. The summed E-state index contributed by atoms with van der Waals surface area (Å²) in [6.07, 6.45) is 2.86. The first kappa shape index (κ1) is 10.9. The first-order chi connectivity index (χ1) is 7.72. The van der Waals surface area contributed by atoms with Crippen LogP contribution in [0.3, 0.4) is 0 Å². The highest BCUT2D eigenvalue weighted by atomic mass is 16.3. The van der Waals surface area contributed by atoms with Gasteiger partial charge in [-0.25, -0.2) is 0 Å². The average Bonchev–Trinajstić information content (AvgIpc) is 2.69. The molecular weight excluding hydrogens is 202 g/mol. The van der Waals surface area contributed by atoms with Crippen LogP contribution < -0.4 is 5.32 Å². The number of carbonyl (C=O) groups is 1. The molecule has 0 saturated heterocycles. The molecule has 1 amide bonds. The van der Waals surface area contributed by atoms with Crippen molar-refractivity contribution in [3.63, 3.8) is 0 Å². The van der Waals surface area contributed by atoms with E-state index in [2.05, 4.69) is 11.9 Å². The summed E-state index contributed by atoms with van der Waals surface area (Å²) in [5.41, 5.74) is 1.59. The van der Waals surface area contributed by atoms with Crippen molar-refractivity contribution in [1.82, 2.24) is 5.32 Å². The second-order valence-electron chi connectivity index (χ2n) is 4.09. The van der Waals surface area contributed by atoms with Crippen molar-refractivity contribution in [3.05, 3.63) is 48.0 Å². The SMILES string of the molecule is C=CC(=O)NC1(CO)CCc2ccccc21. The standard InChI is InChI=1S/C13H15NO2/c1-2-12(16)14-13(9-15)8-7-10-5-3-4-6-11(10)13/h2-6,15H,1,7-9H2,(H,14,16). The monoisotopic (exact) mass is 217 g/mol. The van der Waals surface area contributed by atoms with Gasteiger partial charge in [0.05, 0.1) is 12.1 Å². The van der Waals surface area contributed by atoms with E-state index < -0.39 is 5.54 Å². The molecule has 0 aromatic heterocycles. The maximum absolute atomic E-state index is 11.4. The number of amides is 1. The van der Waals surface area contributed by atoms with Gasteiger partial charge in [-0.05, 0) is 30.0 Å². The minimum absolute atomic E-state index is 0.0798. The molecule has 0 saturated carbocycles. The number of hydrogen-bond acceptors (Lipinski definition) is 2. The number of carbonyl (C=O) groups excluding carboxylic acids is 1. The quantitative estimate of drug-likeness (QED) is 0.745. The predicted octanol–water partition coefficient (Wildman–Crippen LogP) is 1.12. The molecular formula is C13H15NO2. The van der Waals surface area contributed by atoms with Gasteiger partial charge in [0, 0.05) is 0 Å². The van der Waals surface area contributed by atoms with E-state index in [4.69, 9.17) is 0 Å². The molecule has 84 valence electrons. The van der Waals surface area contributed by atoms with Gasteiger partial charge in [-0.3, -0.25) is 4.79 Å². The highest BCUT2D eigenvalue weighted by molar-refractivity contribution is 5.87. The van der Waals surface area contributed by atoms with Gasteiger partial charge in [0.1, 0.15) is 0 Å². The fourth-order valence-corrected chi connectivity index (χ4v) is 2.31. The summed E-state index contributed by atoms with van der Waals surface area (Å²) in [6, 6.07) is 7.89. The summed E-state index contributed by atoms with van der Waals surface area (Å²) in [6.45, 7) is 3.35. The lowest BCUT2D eigenvalue weighted by Crippen LogP contribution is -2.46. The largest absolute Gasteiger partial charge is 0.394 e. The molecule has 3 nitrogen and oxygen atoms in total. The van der Waals surface area contributed by atoms with Crippen LogP contribution in [0.25, 0.3) is 0 Å². The zero-order valence-corrected chi connectivity index (χ0v) is 9.07. The number of hydrogen-bond donors (Lipinski definition) is 2. The van der Waals surface area contributed by atoms with Gasteiger partial charge in [0.15, 0.2) is 0 Å². The van der Waals surface area contributed by atoms with Gasteiger partial charge in [-0.1, -0.05) is 30.8 Å². The Balaban J connectivity index is 2.37. The van der Waals surface area contributed by atoms with Crippen LogP contribution in [0.1, 0.15) is 17.5 Å². The first-order valence-corrected chi connectivity index (χ1v) is 5.36. The predicted molar refractivity (Wildman–Crippen MR) is 61.9 cm³/mol. The fourth-order valence-electron chi connectivity index (χ4n) is 2.31. The Morgan fingerprint density at radius 3 is 3.00 bits per heavy atom. The number of aryl methyl sites for hydroxylation is 1. The van der Waals surface area contributed by atoms with E-state index >= 15 is 0 Å². The Kier molecular flexibility index (Phi) is 2.79. The van der Waals surface area contributed by atoms with E-state index in [1.165, 1.54) is 11.6 Å². The topological polar surface area (TPSA) is 49.3 Å². The van der Waals surface area contributed by atoms with Gasteiger partial charge < -0.3 is 10.4 Å². The molecule has 1 aromatic rings. The summed E-state index contributed by atoms with van der Waals surface area (Å²) in [5, 5.41) is 12.4. The minimum Gasteiger partial charge on any atom is -0.394 e. The van der Waals surface area contributed by atoms with Gasteiger partial charge in [0.25, 0.3) is 0 Å². The van der Waals surface area contributed by atoms with Crippen molar-refractivity contribution < 1.29 is 9.90 Å². The van der Waals surface area contributed by atoms with Crippen LogP contribution in [0.2, 0.25) is 0 Å². The van der Waals surface area contributed by atoms with E-state index in [0.717, 1.165) is 18.4 Å². The Labute approximate surface area is 94.8 Å². The number of benzene rings is 1. The molecule has 0 spiro atoms. The summed E-state index contributed by atoms with van der Waals surface area (Å²) in [5.74, 6) is -0.245. The molecule has 0 aliphatic heterocycles. The molecule has 0 heterocycles. The molecule has 1 aromatic carbocycles. The van der Waals surface area contributed by atoms with Crippen LogP contribution in [0, 0.1) is 0 Å². The Morgan fingerprint density at radius 1 is 1.56 bits per heavy atom. The molecule has 1 aliphatic rings. The van der Waals surface area contributed by atoms with Crippen LogP contribution in [-0.2, 0) is 16.8 Å². The van der Waals surface area contributed by atoms with E-state index in [1.54, 1.807) is 0 Å². The minimum atomic E-state index is -0.623. The molecule has 0 radical (unpaired) electrons. The van der Waals surface area contributed by atoms with Crippen LogP contribution in [0.5, 0.6) is 0 Å². The summed E-state index contributed by atoms with van der Waals surface area (Å²) >= 11 is 0. The van der Waals surface area contributed by atoms with Crippen molar-refractivity contribution in [2.45, 2.75) is 18.4 Å². The molecule has 1 unspecified atom stereocenters. The second-order valence-corrected chi connectivity index (χ2v) is 4.09. The van der Waals surface area contributed by atoms with Gasteiger partial charge in [0.2, 0.25) is 5.91 Å². The van der Waals surface area contributed by atoms with Crippen molar-refractivity contribution in [1.29, 1.82) is 0 Å². The van der Waals surface area contributed by atoms with E-state index in [9.17, 15) is 9.90 Å². The highest BCUT2D eigenvalue weighted by Gasteiger charge is 2.38. The van der Waals surface area contributed by atoms with Gasteiger partial charge in [-0.15, -0.1) is 0 Å². The number of rotatable bonds is 3. The molecule has 3 heteroatoms. The highest BCUT2D eigenvalue weighted by Crippen LogP contribution is 2.36. The van der Waals surface area contributed by atoms with Crippen LogP contribution in [0.15, 0.2) is 36.9 Å². The first-order valence-electron chi connectivity index (χ1n) is 5.36. The second kappa shape index (κ2) is 4.10. The van der Waals surface area contributed by atoms with Crippen LogP contribution in [0.4, 0.5) is 0 Å². The maximum atomic E-state index is 11.4. The third-order valence-corrected chi connectivity index (χ3v) is 3.17. The summed E-state index contributed by atoms with van der Waals surface area (Å²) in [7, 11) is 0. The summed E-state index contributed by atoms with van der Waals surface area (Å²) < 4.78 is 0. The number of nitrogens with one attached hydrogen (secondary N) is 1. The van der Waals surface area contributed by atoms with Gasteiger partial charge >= 0.3 is 0 Å². The van der Waals surface area contributed by atoms with Crippen molar-refractivity contribution in [2.24, 2.45) is 0 Å². The molecule has 2 N–H and O–H groups in total. The van der Waals surface area contributed by atoms with Crippen molar-refractivity contribution >= 4 is 5.91 Å². The molecule has 0 fully saturated rings. The molecule has 1 atom stereocenters. The lowest BCUT2D eigenvalue weighted by atomic mass is 9.92. The molecule has 1 aliphatic carbocycles. The fraction of sp³-hybridized carbons (Fsp3) is 0.308. The average molecular weight is 217 g/mol. The Hall–Kier alpha value is -1.61. The number of fused-ring (bicyclic) bond motifs is 1. The van der Waals surface area contributed by atoms with Crippen LogP contribution in [-0.4, -0.2) is 17.6 Å². The smallest absolute Gasteiger partial charge is 0.244 e. The van der Waals surface area contributed by atoms with Crippen molar-refractivity contribution in [3.8, 4) is 0 Å². The summed E-state index contributed by atoms with van der Waals surface area (Å²) in [4.78, 5) is 11.4. The van der Waals surface area contributed by atoms with Gasteiger partial charge in [-0.2, -0.15) is 0 Å². The molecule has 16 heavy (non-hydrogen) atoms. The van der Waals surface area contributed by atoms with E-state index in [0.29, 0.717) is 0 Å². The molecule has 0 bridgehead atoms. The Bertz CT molecular complexity index is 428. The third kappa shape index (κ3) is 1.63. The van der Waals surface area contributed by atoms with Crippen molar-refractivity contribution in [2.75, 3.05) is 6.61 Å². The number of aliphatic hydroxyl groups excluding tert-OH is 1. The van der Waals surface area contributed by atoms with Crippen LogP contribution >= 0.6 is 0 Å². The molecule has 2 rings (SSSR count). The van der Waals surface area contributed by atoms with E-state index in [1.807, 2.05) is 24.3 Å². The zero-order chi connectivity index (χ0) is 11.6. The number of aliphatic hydroxyl groups is 1. The van der Waals surface area contributed by atoms with E-state index in [-0.39, 0.29) is 12.5 Å².